The van der Waals surface area contributed by atoms with E-state index in [-0.39, 0.29) is 24.3 Å². The van der Waals surface area contributed by atoms with Crippen LogP contribution >= 0.6 is 0 Å². The molecule has 1 fully saturated rings. The molecule has 4 aromatic rings. The SMILES string of the molecule is Cc1ccc(-c2cnc([C@H](C)NC(=O)[C@H](Cc3nc4ccccc4o3)NC(=O)N3CCCC[C@@H]3C)[nH]2)c(F)c1. The van der Waals surface area contributed by atoms with Gasteiger partial charge >= 0.3 is 6.03 Å². The van der Waals surface area contributed by atoms with Crippen LogP contribution < -0.4 is 10.6 Å². The summed E-state index contributed by atoms with van der Waals surface area (Å²) >= 11 is 0. The number of nitrogens with zero attached hydrogens (tertiary/aromatic N) is 3. The number of fused-ring (bicyclic) bond motifs is 1. The predicted molar refractivity (Wildman–Crippen MR) is 145 cm³/mol. The maximum absolute atomic E-state index is 14.5. The summed E-state index contributed by atoms with van der Waals surface area (Å²) < 4.78 is 20.3. The van der Waals surface area contributed by atoms with Crippen molar-refractivity contribution in [1.29, 1.82) is 0 Å². The predicted octanol–water partition coefficient (Wildman–Crippen LogP) is 5.04. The number of carbonyl (C=O) groups is 2. The fourth-order valence-corrected chi connectivity index (χ4v) is 4.94. The van der Waals surface area contributed by atoms with E-state index >= 15 is 0 Å². The summed E-state index contributed by atoms with van der Waals surface area (Å²) in [5, 5.41) is 5.83. The van der Waals surface area contributed by atoms with Gasteiger partial charge in [-0.1, -0.05) is 18.2 Å². The molecule has 1 aliphatic heterocycles. The third-order valence-electron chi connectivity index (χ3n) is 7.17. The Bertz CT molecular complexity index is 1450. The van der Waals surface area contributed by atoms with Gasteiger partial charge in [0.1, 0.15) is 23.2 Å². The first-order valence-corrected chi connectivity index (χ1v) is 13.3. The summed E-state index contributed by atoms with van der Waals surface area (Å²) in [5.41, 5.74) is 3.03. The molecule has 204 valence electrons. The van der Waals surface area contributed by atoms with Gasteiger partial charge < -0.3 is 24.9 Å². The van der Waals surface area contributed by atoms with Crippen LogP contribution in [0.2, 0.25) is 0 Å². The molecule has 0 unspecified atom stereocenters. The summed E-state index contributed by atoms with van der Waals surface area (Å²) in [6.45, 7) is 6.26. The molecule has 1 aliphatic rings. The van der Waals surface area contributed by atoms with Gasteiger partial charge in [-0.15, -0.1) is 0 Å². The number of para-hydroxylation sites is 2. The molecule has 3 heterocycles. The summed E-state index contributed by atoms with van der Waals surface area (Å²) in [7, 11) is 0. The second-order valence-corrected chi connectivity index (χ2v) is 10.2. The minimum Gasteiger partial charge on any atom is -0.441 e. The van der Waals surface area contributed by atoms with Crippen LogP contribution in [0.3, 0.4) is 0 Å². The number of hydrogen-bond acceptors (Lipinski definition) is 5. The maximum atomic E-state index is 14.5. The fraction of sp³-hybridized carbons (Fsp3) is 0.379. The van der Waals surface area contributed by atoms with Crippen molar-refractivity contribution in [3.8, 4) is 11.3 Å². The first-order chi connectivity index (χ1) is 18.8. The molecule has 0 spiro atoms. The number of nitrogens with one attached hydrogen (secondary N) is 3. The van der Waals surface area contributed by atoms with Gasteiger partial charge in [0.25, 0.3) is 0 Å². The number of likely N-dealkylation sites (tertiary alicyclic amines) is 1. The number of imidazole rings is 1. The lowest BCUT2D eigenvalue weighted by atomic mass is 10.0. The average molecular weight is 533 g/mol. The maximum Gasteiger partial charge on any atom is 0.318 e. The Hall–Kier alpha value is -4.21. The Labute approximate surface area is 226 Å². The van der Waals surface area contributed by atoms with Gasteiger partial charge in [0, 0.05) is 18.2 Å². The van der Waals surface area contributed by atoms with Crippen molar-refractivity contribution >= 4 is 23.0 Å². The molecule has 0 aliphatic carbocycles. The van der Waals surface area contributed by atoms with Gasteiger partial charge in [-0.05, 0) is 69.9 Å². The van der Waals surface area contributed by atoms with Gasteiger partial charge in [-0.25, -0.2) is 19.2 Å². The van der Waals surface area contributed by atoms with Crippen LogP contribution in [-0.2, 0) is 11.2 Å². The van der Waals surface area contributed by atoms with Crippen molar-refractivity contribution in [3.63, 3.8) is 0 Å². The molecular weight excluding hydrogens is 499 g/mol. The fourth-order valence-electron chi connectivity index (χ4n) is 4.94. The molecule has 39 heavy (non-hydrogen) atoms. The van der Waals surface area contributed by atoms with E-state index in [4.69, 9.17) is 4.42 Å². The van der Waals surface area contributed by atoms with Crippen molar-refractivity contribution in [2.24, 2.45) is 0 Å². The first-order valence-electron chi connectivity index (χ1n) is 13.3. The number of halogens is 1. The Kier molecular flexibility index (Phi) is 7.63. The quantitative estimate of drug-likeness (QED) is 0.308. The van der Waals surface area contributed by atoms with Crippen molar-refractivity contribution in [2.75, 3.05) is 6.54 Å². The number of aromatic nitrogens is 3. The lowest BCUT2D eigenvalue weighted by Crippen LogP contribution is -2.55. The highest BCUT2D eigenvalue weighted by atomic mass is 19.1. The monoisotopic (exact) mass is 532 g/mol. The molecule has 3 atom stereocenters. The van der Waals surface area contributed by atoms with E-state index in [0.717, 1.165) is 24.8 Å². The lowest BCUT2D eigenvalue weighted by Gasteiger charge is -2.34. The van der Waals surface area contributed by atoms with Gasteiger partial charge in [0.05, 0.1) is 24.4 Å². The Morgan fingerprint density at radius 3 is 2.79 bits per heavy atom. The zero-order valence-corrected chi connectivity index (χ0v) is 22.3. The van der Waals surface area contributed by atoms with E-state index < -0.39 is 18.0 Å². The molecule has 10 heteroatoms. The summed E-state index contributed by atoms with van der Waals surface area (Å²) in [6.07, 6.45) is 4.56. The molecule has 3 N–H and O–H groups in total. The van der Waals surface area contributed by atoms with E-state index in [0.29, 0.717) is 40.6 Å². The van der Waals surface area contributed by atoms with Crippen LogP contribution in [0, 0.1) is 12.7 Å². The largest absolute Gasteiger partial charge is 0.441 e. The molecule has 5 rings (SSSR count). The molecule has 1 saturated heterocycles. The number of rotatable bonds is 7. The highest BCUT2D eigenvalue weighted by Crippen LogP contribution is 2.24. The summed E-state index contributed by atoms with van der Waals surface area (Å²) in [5.74, 6) is 0.0678. The average Bonchev–Trinajstić information content (AvgIpc) is 3.55. The van der Waals surface area contributed by atoms with Crippen molar-refractivity contribution in [2.45, 2.75) is 64.6 Å². The molecule has 0 bridgehead atoms. The molecule has 0 saturated carbocycles. The Morgan fingerprint density at radius 1 is 1.21 bits per heavy atom. The van der Waals surface area contributed by atoms with Gasteiger partial charge in [-0.3, -0.25) is 4.79 Å². The van der Waals surface area contributed by atoms with Crippen LogP contribution in [0.25, 0.3) is 22.4 Å². The van der Waals surface area contributed by atoms with E-state index in [2.05, 4.69) is 25.6 Å². The smallest absolute Gasteiger partial charge is 0.318 e. The number of amides is 3. The van der Waals surface area contributed by atoms with Crippen LogP contribution in [0.5, 0.6) is 0 Å². The number of H-pyrrole nitrogens is 1. The molecule has 3 amide bonds. The van der Waals surface area contributed by atoms with Crippen LogP contribution in [0.15, 0.2) is 53.1 Å². The third-order valence-corrected chi connectivity index (χ3v) is 7.17. The van der Waals surface area contributed by atoms with Crippen LogP contribution in [-0.4, -0.2) is 50.4 Å². The number of oxazole rings is 1. The highest BCUT2D eigenvalue weighted by Gasteiger charge is 2.30. The van der Waals surface area contributed by atoms with E-state index in [1.54, 1.807) is 24.1 Å². The number of aromatic amines is 1. The molecule has 9 nitrogen and oxygen atoms in total. The summed E-state index contributed by atoms with van der Waals surface area (Å²) in [6, 6.07) is 10.7. The number of carbonyl (C=O) groups excluding carboxylic acids is 2. The second-order valence-electron chi connectivity index (χ2n) is 10.2. The third kappa shape index (κ3) is 5.94. The minimum atomic E-state index is -0.925. The van der Waals surface area contributed by atoms with Gasteiger partial charge in [0.2, 0.25) is 5.91 Å². The molecule has 0 radical (unpaired) electrons. The number of aryl methyl sites for hydroxylation is 1. The van der Waals surface area contributed by atoms with E-state index in [1.165, 1.54) is 6.07 Å². The highest BCUT2D eigenvalue weighted by molar-refractivity contribution is 5.87. The minimum absolute atomic E-state index is 0.0825. The van der Waals surface area contributed by atoms with Crippen LogP contribution in [0.1, 0.15) is 56.4 Å². The first kappa shape index (κ1) is 26.4. The normalized spacial score (nSPS) is 17.1. The topological polar surface area (TPSA) is 116 Å². The number of piperidine rings is 1. The molecule has 2 aromatic carbocycles. The zero-order valence-electron chi connectivity index (χ0n) is 22.3. The van der Waals surface area contributed by atoms with Crippen molar-refractivity contribution in [3.05, 3.63) is 71.8 Å². The van der Waals surface area contributed by atoms with E-state index in [1.807, 2.05) is 44.2 Å². The lowest BCUT2D eigenvalue weighted by molar-refractivity contribution is -0.123. The van der Waals surface area contributed by atoms with Crippen molar-refractivity contribution in [1.82, 2.24) is 30.5 Å². The molecular formula is C29H33FN6O3. The molecule has 2 aromatic heterocycles. The standard InChI is InChI=1S/C29H33FN6O3/c1-17-11-12-20(21(30)14-17)24-16-31-27(34-24)19(3)32-28(37)23(35-29(38)36-13-7-6-8-18(36)2)15-26-33-22-9-4-5-10-25(22)39-26/h4-5,9-12,14,16,18-19,23H,6-8,13,15H2,1-3H3,(H,31,34)(H,32,37)(H,35,38)/t18-,19-,23-/m0/s1. The second kappa shape index (κ2) is 11.3. The van der Waals surface area contributed by atoms with Gasteiger partial charge in [0.15, 0.2) is 11.5 Å². The van der Waals surface area contributed by atoms with Crippen molar-refractivity contribution < 1.29 is 18.4 Å². The zero-order chi connectivity index (χ0) is 27.5. The van der Waals surface area contributed by atoms with Crippen LogP contribution in [0.4, 0.5) is 9.18 Å². The number of urea groups is 1. The Morgan fingerprint density at radius 2 is 2.03 bits per heavy atom. The number of hydrogen-bond donors (Lipinski definition) is 3. The van der Waals surface area contributed by atoms with E-state index in [9.17, 15) is 14.0 Å². The van der Waals surface area contributed by atoms with Gasteiger partial charge in [-0.2, -0.15) is 0 Å². The number of benzene rings is 2. The summed E-state index contributed by atoms with van der Waals surface area (Å²) in [4.78, 5) is 40.4. The Balaban J connectivity index is 1.33.